The van der Waals surface area contributed by atoms with Crippen LogP contribution >= 0.6 is 0 Å². The van der Waals surface area contributed by atoms with Gasteiger partial charge in [-0.15, -0.1) is 0 Å². The Labute approximate surface area is 83.2 Å². The summed E-state index contributed by atoms with van der Waals surface area (Å²) in [6.07, 6.45) is 0. The predicted octanol–water partition coefficient (Wildman–Crippen LogP) is 0.549. The Morgan fingerprint density at radius 2 is 2.29 bits per heavy atom. The molecule has 0 saturated carbocycles. The summed E-state index contributed by atoms with van der Waals surface area (Å²) in [5.41, 5.74) is 4.99. The maximum atomic E-state index is 13.0. The number of halogens is 2. The van der Waals surface area contributed by atoms with Crippen LogP contribution < -0.4 is 5.73 Å². The average molecular weight is 208 g/mol. The molecule has 0 amide bonds. The van der Waals surface area contributed by atoms with E-state index in [1.807, 2.05) is 6.92 Å². The van der Waals surface area contributed by atoms with Crippen molar-refractivity contribution in [1.82, 2.24) is 4.90 Å². The van der Waals surface area contributed by atoms with E-state index in [0.29, 0.717) is 32.2 Å². The van der Waals surface area contributed by atoms with Crippen LogP contribution in [0.4, 0.5) is 8.78 Å². The van der Waals surface area contributed by atoms with Crippen LogP contribution in [-0.4, -0.2) is 50.2 Å². The van der Waals surface area contributed by atoms with Gasteiger partial charge < -0.3 is 10.5 Å². The number of alkyl halides is 2. The van der Waals surface area contributed by atoms with Crippen molar-refractivity contribution in [2.24, 2.45) is 11.7 Å². The monoisotopic (exact) mass is 208 g/mol. The van der Waals surface area contributed by atoms with Crippen molar-refractivity contribution >= 4 is 0 Å². The quantitative estimate of drug-likeness (QED) is 0.736. The molecule has 0 aromatic heterocycles. The maximum absolute atomic E-state index is 13.0. The van der Waals surface area contributed by atoms with E-state index in [9.17, 15) is 8.78 Å². The number of ether oxygens (including phenoxy) is 1. The first-order chi connectivity index (χ1) is 6.53. The number of nitrogens with two attached hydrogens (primary N) is 1. The molecule has 2 N–H and O–H groups in total. The van der Waals surface area contributed by atoms with Gasteiger partial charge in [0.15, 0.2) is 0 Å². The van der Waals surface area contributed by atoms with Gasteiger partial charge in [-0.05, 0) is 5.92 Å². The zero-order valence-corrected chi connectivity index (χ0v) is 8.51. The van der Waals surface area contributed by atoms with Crippen molar-refractivity contribution in [3.05, 3.63) is 0 Å². The molecule has 1 aliphatic heterocycles. The second-order valence-corrected chi connectivity index (χ2v) is 3.98. The van der Waals surface area contributed by atoms with Gasteiger partial charge in [0.2, 0.25) is 0 Å². The lowest BCUT2D eigenvalue weighted by molar-refractivity contribution is -0.0247. The van der Waals surface area contributed by atoms with E-state index in [4.69, 9.17) is 10.5 Å². The van der Waals surface area contributed by atoms with E-state index in [-0.39, 0.29) is 6.54 Å². The number of hydrogen-bond acceptors (Lipinski definition) is 3. The third-order valence-corrected chi connectivity index (χ3v) is 2.28. The van der Waals surface area contributed by atoms with Crippen molar-refractivity contribution in [1.29, 1.82) is 0 Å². The van der Waals surface area contributed by atoms with E-state index in [0.717, 1.165) is 0 Å². The highest BCUT2D eigenvalue weighted by atomic mass is 19.3. The molecule has 14 heavy (non-hydrogen) atoms. The van der Waals surface area contributed by atoms with Crippen LogP contribution in [0, 0.1) is 5.92 Å². The zero-order valence-electron chi connectivity index (χ0n) is 8.51. The normalized spacial score (nSPS) is 26.1. The first kappa shape index (κ1) is 11.8. The molecule has 5 heteroatoms. The lowest BCUT2D eigenvalue weighted by Gasteiger charge is -2.25. The maximum Gasteiger partial charge on any atom is 0.272 e. The van der Waals surface area contributed by atoms with Gasteiger partial charge in [-0.25, -0.2) is 8.78 Å². The van der Waals surface area contributed by atoms with Gasteiger partial charge in [0, 0.05) is 13.1 Å². The Morgan fingerprint density at radius 3 is 2.93 bits per heavy atom. The lowest BCUT2D eigenvalue weighted by Crippen LogP contribution is -2.43. The van der Waals surface area contributed by atoms with Crippen LogP contribution in [0.5, 0.6) is 0 Å². The van der Waals surface area contributed by atoms with Crippen LogP contribution in [-0.2, 0) is 4.74 Å². The largest absolute Gasteiger partial charge is 0.380 e. The second-order valence-electron chi connectivity index (χ2n) is 3.98. The van der Waals surface area contributed by atoms with Crippen molar-refractivity contribution in [3.63, 3.8) is 0 Å². The Bertz CT molecular complexity index is 178. The summed E-state index contributed by atoms with van der Waals surface area (Å²) in [5.74, 6) is -2.46. The van der Waals surface area contributed by atoms with E-state index in [1.54, 1.807) is 4.90 Å². The Morgan fingerprint density at radius 1 is 1.57 bits per heavy atom. The van der Waals surface area contributed by atoms with Crippen LogP contribution in [0.25, 0.3) is 0 Å². The second kappa shape index (κ2) is 5.00. The first-order valence-corrected chi connectivity index (χ1v) is 4.91. The molecule has 0 aliphatic carbocycles. The van der Waals surface area contributed by atoms with Crippen molar-refractivity contribution in [2.75, 3.05) is 39.4 Å². The fraction of sp³-hybridized carbons (Fsp3) is 1.00. The SMILES string of the molecule is CC1COCCN(CC(F)(F)CN)C1. The smallest absolute Gasteiger partial charge is 0.272 e. The molecule has 1 unspecified atom stereocenters. The highest BCUT2D eigenvalue weighted by Gasteiger charge is 2.30. The number of nitrogens with zero attached hydrogens (tertiary/aromatic N) is 1. The lowest BCUT2D eigenvalue weighted by atomic mass is 10.2. The molecule has 1 heterocycles. The Hall–Kier alpha value is -0.260. The molecule has 1 atom stereocenters. The third-order valence-electron chi connectivity index (χ3n) is 2.28. The van der Waals surface area contributed by atoms with Gasteiger partial charge >= 0.3 is 0 Å². The van der Waals surface area contributed by atoms with Gasteiger partial charge in [-0.2, -0.15) is 0 Å². The van der Waals surface area contributed by atoms with E-state index in [2.05, 4.69) is 0 Å². The molecule has 3 nitrogen and oxygen atoms in total. The minimum atomic E-state index is -2.77. The molecule has 1 aliphatic rings. The van der Waals surface area contributed by atoms with Crippen LogP contribution in [0.3, 0.4) is 0 Å². The van der Waals surface area contributed by atoms with E-state index < -0.39 is 12.5 Å². The molecule has 0 bridgehead atoms. The van der Waals surface area contributed by atoms with Crippen LogP contribution in [0.15, 0.2) is 0 Å². The van der Waals surface area contributed by atoms with Crippen LogP contribution in [0.2, 0.25) is 0 Å². The number of rotatable bonds is 3. The highest BCUT2D eigenvalue weighted by Crippen LogP contribution is 2.15. The van der Waals surface area contributed by atoms with Crippen LogP contribution in [0.1, 0.15) is 6.92 Å². The molecular weight excluding hydrogens is 190 g/mol. The summed E-state index contributed by atoms with van der Waals surface area (Å²) in [6.45, 7) is 3.58. The fourth-order valence-corrected chi connectivity index (χ4v) is 1.60. The minimum absolute atomic E-state index is 0.253. The summed E-state index contributed by atoms with van der Waals surface area (Å²) >= 11 is 0. The summed E-state index contributed by atoms with van der Waals surface area (Å²) in [5, 5.41) is 0. The fourth-order valence-electron chi connectivity index (χ4n) is 1.60. The van der Waals surface area contributed by atoms with E-state index in [1.165, 1.54) is 0 Å². The summed E-state index contributed by atoms with van der Waals surface area (Å²) < 4.78 is 31.2. The molecule has 0 radical (unpaired) electrons. The van der Waals surface area contributed by atoms with E-state index >= 15 is 0 Å². The summed E-state index contributed by atoms with van der Waals surface area (Å²) in [6, 6.07) is 0. The molecule has 84 valence electrons. The molecular formula is C9H18F2N2O. The van der Waals surface area contributed by atoms with Gasteiger partial charge in [0.05, 0.1) is 26.3 Å². The molecule has 0 spiro atoms. The predicted molar refractivity (Wildman–Crippen MR) is 50.4 cm³/mol. The Kier molecular flexibility index (Phi) is 4.22. The van der Waals surface area contributed by atoms with Gasteiger partial charge in [-0.3, -0.25) is 4.90 Å². The van der Waals surface area contributed by atoms with Gasteiger partial charge in [-0.1, -0.05) is 6.92 Å². The first-order valence-electron chi connectivity index (χ1n) is 4.91. The van der Waals surface area contributed by atoms with Crippen molar-refractivity contribution < 1.29 is 13.5 Å². The summed E-state index contributed by atoms with van der Waals surface area (Å²) in [4.78, 5) is 1.73. The zero-order chi connectivity index (χ0) is 10.6. The molecule has 1 rings (SSSR count). The van der Waals surface area contributed by atoms with Gasteiger partial charge in [0.25, 0.3) is 5.92 Å². The van der Waals surface area contributed by atoms with Crippen molar-refractivity contribution in [3.8, 4) is 0 Å². The topological polar surface area (TPSA) is 38.5 Å². The average Bonchev–Trinajstić information content (AvgIpc) is 2.29. The standard InChI is InChI=1S/C9H18F2N2O/c1-8-4-13(2-3-14-5-8)7-9(10,11)6-12/h8H,2-7,12H2,1H3. The molecule has 0 aromatic carbocycles. The van der Waals surface area contributed by atoms with Crippen molar-refractivity contribution in [2.45, 2.75) is 12.8 Å². The Balaban J connectivity index is 2.42. The molecule has 1 fully saturated rings. The highest BCUT2D eigenvalue weighted by molar-refractivity contribution is 4.75. The van der Waals surface area contributed by atoms with Gasteiger partial charge in [0.1, 0.15) is 0 Å². The number of hydrogen-bond donors (Lipinski definition) is 1. The summed E-state index contributed by atoms with van der Waals surface area (Å²) in [7, 11) is 0. The third kappa shape index (κ3) is 3.86. The molecule has 1 saturated heterocycles. The minimum Gasteiger partial charge on any atom is -0.380 e. The molecule has 0 aromatic rings.